The summed E-state index contributed by atoms with van der Waals surface area (Å²) in [6.45, 7) is 0. The maximum Gasteiger partial charge on any atom is 0.165 e. The first-order valence-corrected chi connectivity index (χ1v) is 6.65. The molecule has 0 bridgehead atoms. The molecule has 1 atom stereocenters. The monoisotopic (exact) mass is 220 g/mol. The molecule has 0 amide bonds. The van der Waals surface area contributed by atoms with E-state index < -0.39 is 10.8 Å². The van der Waals surface area contributed by atoms with E-state index in [1.807, 2.05) is 12.1 Å². The molecule has 0 saturated carbocycles. The molecule has 0 aromatic heterocycles. The topological polar surface area (TPSA) is 34.1 Å². The summed E-state index contributed by atoms with van der Waals surface area (Å²) in [4.78, 5) is 12.5. The Balaban J connectivity index is 2.23. The average molecular weight is 220 g/mol. The third kappa shape index (κ3) is 1.37. The SMILES string of the molecule is O=C1CCS(=O)c2cc3c(cc21)CCC3. The van der Waals surface area contributed by atoms with Gasteiger partial charge in [0.25, 0.3) is 0 Å². The van der Waals surface area contributed by atoms with Crippen molar-refractivity contribution >= 4 is 16.6 Å². The first-order valence-electron chi connectivity index (χ1n) is 5.33. The van der Waals surface area contributed by atoms with Gasteiger partial charge in [0, 0.05) is 22.6 Å². The van der Waals surface area contributed by atoms with Crippen LogP contribution in [0.25, 0.3) is 0 Å². The van der Waals surface area contributed by atoms with Crippen molar-refractivity contribution < 1.29 is 9.00 Å². The van der Waals surface area contributed by atoms with Crippen LogP contribution in [0.4, 0.5) is 0 Å². The largest absolute Gasteiger partial charge is 0.294 e. The summed E-state index contributed by atoms with van der Waals surface area (Å²) in [6, 6.07) is 3.99. The molecule has 2 aliphatic rings. The first-order chi connectivity index (χ1) is 7.25. The summed E-state index contributed by atoms with van der Waals surface area (Å²) >= 11 is 0. The highest BCUT2D eigenvalue weighted by Gasteiger charge is 2.25. The Kier molecular flexibility index (Phi) is 2.02. The molecule has 15 heavy (non-hydrogen) atoms. The molecule has 0 radical (unpaired) electrons. The van der Waals surface area contributed by atoms with Gasteiger partial charge in [0.15, 0.2) is 5.78 Å². The summed E-state index contributed by atoms with van der Waals surface area (Å²) in [7, 11) is -0.949. The first kappa shape index (κ1) is 9.28. The van der Waals surface area contributed by atoms with Crippen LogP contribution in [-0.4, -0.2) is 15.7 Å². The van der Waals surface area contributed by atoms with Crippen molar-refractivity contribution in [3.05, 3.63) is 28.8 Å². The second kappa shape index (κ2) is 3.27. The van der Waals surface area contributed by atoms with Crippen molar-refractivity contribution in [3.8, 4) is 0 Å². The van der Waals surface area contributed by atoms with Gasteiger partial charge < -0.3 is 0 Å². The predicted molar refractivity (Wildman–Crippen MR) is 58.7 cm³/mol. The number of fused-ring (bicyclic) bond motifs is 2. The number of carbonyl (C=O) groups is 1. The zero-order valence-electron chi connectivity index (χ0n) is 8.41. The molecule has 78 valence electrons. The van der Waals surface area contributed by atoms with Crippen molar-refractivity contribution in [2.24, 2.45) is 0 Å². The molecule has 0 saturated heterocycles. The molecule has 1 aliphatic carbocycles. The highest BCUT2D eigenvalue weighted by Crippen LogP contribution is 2.30. The van der Waals surface area contributed by atoms with Crippen LogP contribution in [0, 0.1) is 0 Å². The molecule has 0 N–H and O–H groups in total. The maximum atomic E-state index is 11.8. The van der Waals surface area contributed by atoms with Gasteiger partial charge in [0.1, 0.15) is 0 Å². The molecule has 3 rings (SSSR count). The zero-order valence-corrected chi connectivity index (χ0v) is 9.23. The molecule has 0 spiro atoms. The van der Waals surface area contributed by atoms with Crippen LogP contribution >= 0.6 is 0 Å². The summed E-state index contributed by atoms with van der Waals surface area (Å²) < 4.78 is 11.8. The van der Waals surface area contributed by atoms with E-state index in [1.165, 1.54) is 17.5 Å². The Morgan fingerprint density at radius 3 is 2.60 bits per heavy atom. The number of benzene rings is 1. The summed E-state index contributed by atoms with van der Waals surface area (Å²) in [5, 5.41) is 0. The predicted octanol–water partition coefficient (Wildman–Crippen LogP) is 1.87. The highest BCUT2D eigenvalue weighted by molar-refractivity contribution is 7.85. The van der Waals surface area contributed by atoms with Crippen molar-refractivity contribution in [1.82, 2.24) is 0 Å². The molecule has 1 aromatic carbocycles. The van der Waals surface area contributed by atoms with Crippen molar-refractivity contribution in [1.29, 1.82) is 0 Å². The van der Waals surface area contributed by atoms with Crippen LogP contribution in [-0.2, 0) is 23.6 Å². The molecular weight excluding hydrogens is 208 g/mol. The van der Waals surface area contributed by atoms with Crippen LogP contribution in [0.3, 0.4) is 0 Å². The Morgan fingerprint density at radius 2 is 1.80 bits per heavy atom. The van der Waals surface area contributed by atoms with E-state index in [0.29, 0.717) is 12.2 Å². The smallest absolute Gasteiger partial charge is 0.165 e. The number of carbonyl (C=O) groups excluding carboxylic acids is 1. The molecule has 3 heteroatoms. The summed E-state index contributed by atoms with van der Waals surface area (Å²) in [6.07, 6.45) is 3.76. The molecule has 1 aromatic rings. The summed E-state index contributed by atoms with van der Waals surface area (Å²) in [5.74, 6) is 0.671. The molecule has 0 fully saturated rings. The quantitative estimate of drug-likeness (QED) is 0.669. The number of aryl methyl sites for hydroxylation is 2. The van der Waals surface area contributed by atoms with Gasteiger partial charge in [0.05, 0.1) is 10.8 Å². The van der Waals surface area contributed by atoms with Crippen LogP contribution < -0.4 is 0 Å². The fourth-order valence-electron chi connectivity index (χ4n) is 2.44. The third-order valence-corrected chi connectivity index (χ3v) is 4.66. The van der Waals surface area contributed by atoms with Crippen LogP contribution in [0.2, 0.25) is 0 Å². The molecule has 1 unspecified atom stereocenters. The van der Waals surface area contributed by atoms with Gasteiger partial charge in [-0.15, -0.1) is 0 Å². The minimum atomic E-state index is -0.949. The van der Waals surface area contributed by atoms with Gasteiger partial charge in [0.2, 0.25) is 0 Å². The number of hydrogen-bond acceptors (Lipinski definition) is 2. The molecular formula is C12H12O2S. The minimum Gasteiger partial charge on any atom is -0.294 e. The molecule has 1 aliphatic heterocycles. The third-order valence-electron chi connectivity index (χ3n) is 3.25. The van der Waals surface area contributed by atoms with E-state index in [-0.39, 0.29) is 5.78 Å². The van der Waals surface area contributed by atoms with E-state index in [1.54, 1.807) is 0 Å². The van der Waals surface area contributed by atoms with Crippen molar-refractivity contribution in [3.63, 3.8) is 0 Å². The van der Waals surface area contributed by atoms with Gasteiger partial charge in [-0.25, -0.2) is 0 Å². The second-order valence-electron chi connectivity index (χ2n) is 4.19. The van der Waals surface area contributed by atoms with Crippen LogP contribution in [0.15, 0.2) is 17.0 Å². The van der Waals surface area contributed by atoms with Crippen LogP contribution in [0.5, 0.6) is 0 Å². The number of Topliss-reactive ketones (excluding diaryl/α,β-unsaturated/α-hetero) is 1. The zero-order chi connectivity index (χ0) is 10.4. The van der Waals surface area contributed by atoms with E-state index in [4.69, 9.17) is 0 Å². The lowest BCUT2D eigenvalue weighted by atomic mass is 10.0. The minimum absolute atomic E-state index is 0.166. The van der Waals surface area contributed by atoms with E-state index >= 15 is 0 Å². The van der Waals surface area contributed by atoms with Gasteiger partial charge in [-0.2, -0.15) is 0 Å². The van der Waals surface area contributed by atoms with Gasteiger partial charge >= 0.3 is 0 Å². The van der Waals surface area contributed by atoms with E-state index in [2.05, 4.69) is 0 Å². The lowest BCUT2D eigenvalue weighted by molar-refractivity contribution is 0.0984. The second-order valence-corrected chi connectivity index (χ2v) is 5.73. The van der Waals surface area contributed by atoms with Gasteiger partial charge in [-0.1, -0.05) is 0 Å². The number of rotatable bonds is 0. The van der Waals surface area contributed by atoms with E-state index in [0.717, 1.165) is 23.3 Å². The fourth-order valence-corrected chi connectivity index (χ4v) is 3.72. The lowest BCUT2D eigenvalue weighted by Gasteiger charge is -2.15. The normalized spacial score (nSPS) is 23.7. The Hall–Kier alpha value is -0.960. The average Bonchev–Trinajstić information content (AvgIpc) is 2.69. The standard InChI is InChI=1S/C12H12O2S/c13-11-4-5-15(14)12-7-9-3-1-2-8(9)6-10(11)12/h6-7H,1-5H2. The highest BCUT2D eigenvalue weighted by atomic mass is 32.2. The Labute approximate surface area is 91.1 Å². The summed E-state index contributed by atoms with van der Waals surface area (Å²) in [5.41, 5.74) is 3.32. The lowest BCUT2D eigenvalue weighted by Crippen LogP contribution is -2.17. The van der Waals surface area contributed by atoms with E-state index in [9.17, 15) is 9.00 Å². The Morgan fingerprint density at radius 1 is 1.07 bits per heavy atom. The van der Waals surface area contributed by atoms with Crippen molar-refractivity contribution in [2.75, 3.05) is 5.75 Å². The molecule has 1 heterocycles. The van der Waals surface area contributed by atoms with Gasteiger partial charge in [-0.05, 0) is 42.5 Å². The Bertz CT molecular complexity index is 434. The van der Waals surface area contributed by atoms with Gasteiger partial charge in [-0.3, -0.25) is 9.00 Å². The maximum absolute atomic E-state index is 11.8. The molecule has 2 nitrogen and oxygen atoms in total. The number of hydrogen-bond donors (Lipinski definition) is 0. The fraction of sp³-hybridized carbons (Fsp3) is 0.417. The van der Waals surface area contributed by atoms with Crippen molar-refractivity contribution in [2.45, 2.75) is 30.6 Å². The van der Waals surface area contributed by atoms with Crippen LogP contribution in [0.1, 0.15) is 34.3 Å². The number of ketones is 1.